The molecular weight excluding hydrogens is 324 g/mol. The van der Waals surface area contributed by atoms with Gasteiger partial charge in [-0.25, -0.2) is 4.98 Å². The van der Waals surface area contributed by atoms with Crippen molar-refractivity contribution in [3.63, 3.8) is 0 Å². The van der Waals surface area contributed by atoms with E-state index in [4.69, 9.17) is 4.74 Å². The van der Waals surface area contributed by atoms with Crippen molar-refractivity contribution >= 4 is 23.5 Å². The SMILES string of the molecule is CCC1CSC(CCn2ccnc2)(Cc2ccc(OC)cc2)S1. The van der Waals surface area contributed by atoms with Crippen molar-refractivity contribution in [3.8, 4) is 5.75 Å². The van der Waals surface area contributed by atoms with E-state index >= 15 is 0 Å². The minimum Gasteiger partial charge on any atom is -0.497 e. The van der Waals surface area contributed by atoms with Gasteiger partial charge in [0.15, 0.2) is 0 Å². The number of rotatable bonds is 7. The number of hydrogen-bond acceptors (Lipinski definition) is 4. The smallest absolute Gasteiger partial charge is 0.118 e. The highest BCUT2D eigenvalue weighted by Crippen LogP contribution is 2.53. The van der Waals surface area contributed by atoms with Crippen LogP contribution in [0.4, 0.5) is 0 Å². The number of imidazole rings is 1. The number of benzene rings is 1. The van der Waals surface area contributed by atoms with Crippen molar-refractivity contribution in [1.29, 1.82) is 0 Å². The molecule has 0 radical (unpaired) electrons. The molecule has 124 valence electrons. The average Bonchev–Trinajstić information content (AvgIpc) is 3.24. The summed E-state index contributed by atoms with van der Waals surface area (Å²) in [5.74, 6) is 2.20. The van der Waals surface area contributed by atoms with Crippen LogP contribution >= 0.6 is 23.5 Å². The van der Waals surface area contributed by atoms with Crippen molar-refractivity contribution in [2.45, 2.75) is 42.1 Å². The third-order valence-corrected chi connectivity index (χ3v) is 8.22. The molecule has 1 aromatic heterocycles. The molecule has 1 saturated heterocycles. The van der Waals surface area contributed by atoms with Crippen molar-refractivity contribution in [2.75, 3.05) is 12.9 Å². The minimum absolute atomic E-state index is 0.277. The zero-order valence-electron chi connectivity index (χ0n) is 13.8. The van der Waals surface area contributed by atoms with Crippen LogP contribution in [0.3, 0.4) is 0 Å². The Kier molecular flexibility index (Phi) is 5.59. The molecule has 2 heterocycles. The van der Waals surface area contributed by atoms with Gasteiger partial charge in [0.1, 0.15) is 5.75 Å². The minimum atomic E-state index is 0.277. The summed E-state index contributed by atoms with van der Waals surface area (Å²) in [6, 6.07) is 8.55. The fourth-order valence-electron chi connectivity index (χ4n) is 2.90. The quantitative estimate of drug-likeness (QED) is 0.737. The lowest BCUT2D eigenvalue weighted by atomic mass is 10.1. The Bertz CT molecular complexity index is 600. The molecule has 2 atom stereocenters. The van der Waals surface area contributed by atoms with E-state index in [-0.39, 0.29) is 4.08 Å². The van der Waals surface area contributed by atoms with E-state index in [2.05, 4.69) is 70.5 Å². The predicted octanol–water partition coefficient (Wildman–Crippen LogP) is 4.48. The molecule has 0 saturated carbocycles. The Labute approximate surface area is 147 Å². The summed E-state index contributed by atoms with van der Waals surface area (Å²) in [5.41, 5.74) is 1.40. The molecule has 1 aliphatic rings. The van der Waals surface area contributed by atoms with E-state index in [1.807, 2.05) is 12.5 Å². The largest absolute Gasteiger partial charge is 0.497 e. The van der Waals surface area contributed by atoms with Crippen LogP contribution in [0, 0.1) is 0 Å². The molecule has 3 rings (SSSR count). The first-order chi connectivity index (χ1) is 11.2. The van der Waals surface area contributed by atoms with Crippen LogP contribution in [-0.4, -0.2) is 31.7 Å². The molecule has 2 unspecified atom stereocenters. The summed E-state index contributed by atoms with van der Waals surface area (Å²) in [6.45, 7) is 3.34. The van der Waals surface area contributed by atoms with Gasteiger partial charge in [-0.15, -0.1) is 23.5 Å². The maximum Gasteiger partial charge on any atom is 0.118 e. The molecule has 3 nitrogen and oxygen atoms in total. The number of aryl methyl sites for hydroxylation is 1. The van der Waals surface area contributed by atoms with Gasteiger partial charge in [-0.2, -0.15) is 0 Å². The van der Waals surface area contributed by atoms with Crippen molar-refractivity contribution in [1.82, 2.24) is 9.55 Å². The van der Waals surface area contributed by atoms with E-state index in [1.165, 1.54) is 24.2 Å². The maximum atomic E-state index is 5.27. The summed E-state index contributed by atoms with van der Waals surface area (Å²) in [4.78, 5) is 4.16. The molecule has 0 N–H and O–H groups in total. The molecule has 0 bridgehead atoms. The number of nitrogens with zero attached hydrogens (tertiary/aromatic N) is 2. The second-order valence-corrected chi connectivity index (χ2v) is 9.29. The zero-order chi connectivity index (χ0) is 16.1. The van der Waals surface area contributed by atoms with E-state index in [0.717, 1.165) is 24.0 Å². The van der Waals surface area contributed by atoms with Crippen LogP contribution in [-0.2, 0) is 13.0 Å². The molecular formula is C18H24N2OS2. The Morgan fingerprint density at radius 2 is 2.17 bits per heavy atom. The van der Waals surface area contributed by atoms with Gasteiger partial charge in [0.2, 0.25) is 0 Å². The van der Waals surface area contributed by atoms with E-state index < -0.39 is 0 Å². The normalized spacial score (nSPS) is 24.0. The molecule has 0 amide bonds. The van der Waals surface area contributed by atoms with Crippen LogP contribution in [0.2, 0.25) is 0 Å². The van der Waals surface area contributed by atoms with Crippen LogP contribution in [0.5, 0.6) is 5.75 Å². The van der Waals surface area contributed by atoms with Crippen molar-refractivity contribution in [3.05, 3.63) is 48.5 Å². The number of ether oxygens (including phenoxy) is 1. The topological polar surface area (TPSA) is 27.1 Å². The van der Waals surface area contributed by atoms with E-state index in [0.29, 0.717) is 0 Å². The first kappa shape index (κ1) is 16.8. The van der Waals surface area contributed by atoms with Crippen LogP contribution in [0.15, 0.2) is 43.0 Å². The summed E-state index contributed by atoms with van der Waals surface area (Å²) < 4.78 is 7.74. The number of hydrogen-bond donors (Lipinski definition) is 0. The Morgan fingerprint density at radius 1 is 1.35 bits per heavy atom. The van der Waals surface area contributed by atoms with Gasteiger partial charge in [0.05, 0.1) is 17.5 Å². The monoisotopic (exact) mass is 348 g/mol. The molecule has 1 fully saturated rings. The van der Waals surface area contributed by atoms with E-state index in [1.54, 1.807) is 7.11 Å². The van der Waals surface area contributed by atoms with Gasteiger partial charge in [0, 0.05) is 29.9 Å². The molecule has 5 heteroatoms. The third kappa shape index (κ3) is 4.27. The second kappa shape index (κ2) is 7.67. The fraction of sp³-hybridized carbons (Fsp3) is 0.500. The van der Waals surface area contributed by atoms with Gasteiger partial charge in [-0.3, -0.25) is 0 Å². The van der Waals surface area contributed by atoms with Gasteiger partial charge < -0.3 is 9.30 Å². The highest BCUT2D eigenvalue weighted by molar-refractivity contribution is 8.21. The number of aromatic nitrogens is 2. The summed E-state index contributed by atoms with van der Waals surface area (Å²) in [5, 5.41) is 0.779. The molecule has 0 aliphatic carbocycles. The maximum absolute atomic E-state index is 5.27. The fourth-order valence-corrected chi connectivity index (χ4v) is 6.73. The predicted molar refractivity (Wildman–Crippen MR) is 100 cm³/mol. The van der Waals surface area contributed by atoms with Gasteiger partial charge in [-0.1, -0.05) is 19.1 Å². The van der Waals surface area contributed by atoms with Gasteiger partial charge in [-0.05, 0) is 37.0 Å². The lowest BCUT2D eigenvalue weighted by Gasteiger charge is -2.28. The Hall–Kier alpha value is -1.07. The van der Waals surface area contributed by atoms with Crippen LogP contribution < -0.4 is 4.74 Å². The number of thioether (sulfide) groups is 2. The molecule has 1 aliphatic heterocycles. The van der Waals surface area contributed by atoms with Crippen molar-refractivity contribution < 1.29 is 4.74 Å². The molecule has 1 aromatic carbocycles. The molecule has 0 spiro atoms. The molecule has 2 aromatic rings. The van der Waals surface area contributed by atoms with Gasteiger partial charge in [0.25, 0.3) is 0 Å². The Morgan fingerprint density at radius 3 is 2.78 bits per heavy atom. The highest BCUT2D eigenvalue weighted by Gasteiger charge is 2.39. The number of methoxy groups -OCH3 is 1. The van der Waals surface area contributed by atoms with E-state index in [9.17, 15) is 0 Å². The van der Waals surface area contributed by atoms with Gasteiger partial charge >= 0.3 is 0 Å². The summed E-state index contributed by atoms with van der Waals surface area (Å²) >= 11 is 4.33. The second-order valence-electron chi connectivity index (χ2n) is 5.95. The van der Waals surface area contributed by atoms with Crippen molar-refractivity contribution in [2.24, 2.45) is 0 Å². The highest BCUT2D eigenvalue weighted by atomic mass is 32.2. The summed E-state index contributed by atoms with van der Waals surface area (Å²) in [6.07, 6.45) is 9.37. The molecule has 23 heavy (non-hydrogen) atoms. The standard InChI is InChI=1S/C18H24N2OS2/c1-3-17-13-22-18(23-17,8-10-20-11-9-19-14-20)12-15-4-6-16(21-2)7-5-15/h4-7,9,11,14,17H,3,8,10,12-13H2,1-2H3. The lowest BCUT2D eigenvalue weighted by Crippen LogP contribution is -2.23. The first-order valence-electron chi connectivity index (χ1n) is 8.13. The van der Waals surface area contributed by atoms with Crippen LogP contribution in [0.1, 0.15) is 25.3 Å². The average molecular weight is 349 g/mol. The Balaban J connectivity index is 1.71. The summed E-state index contributed by atoms with van der Waals surface area (Å²) in [7, 11) is 1.72. The van der Waals surface area contributed by atoms with Crippen LogP contribution in [0.25, 0.3) is 0 Å². The lowest BCUT2D eigenvalue weighted by molar-refractivity contribution is 0.414. The third-order valence-electron chi connectivity index (χ3n) is 4.31. The zero-order valence-corrected chi connectivity index (χ0v) is 15.4. The first-order valence-corrected chi connectivity index (χ1v) is 10.00.